The SMILES string of the molecule is Nc1c(C(=O)c2ccc(Cl)cc2)sc(SCc2ccccc2)c1-[n+]1ccccc1. The number of nitrogens with two attached hydrogens (primary N) is 1. The Morgan fingerprint density at radius 2 is 1.62 bits per heavy atom. The van der Waals surface area contributed by atoms with Crippen molar-refractivity contribution >= 4 is 46.2 Å². The van der Waals surface area contributed by atoms with Gasteiger partial charge in [0.15, 0.2) is 12.4 Å². The van der Waals surface area contributed by atoms with Gasteiger partial charge in [0.05, 0.1) is 0 Å². The molecule has 2 N–H and O–H groups in total. The molecule has 2 aromatic heterocycles. The highest BCUT2D eigenvalue weighted by Crippen LogP contribution is 2.40. The van der Waals surface area contributed by atoms with Crippen LogP contribution in [-0.4, -0.2) is 5.78 Å². The molecule has 0 saturated heterocycles. The van der Waals surface area contributed by atoms with Crippen molar-refractivity contribution in [1.82, 2.24) is 0 Å². The van der Waals surface area contributed by atoms with E-state index >= 15 is 0 Å². The summed E-state index contributed by atoms with van der Waals surface area (Å²) < 4.78 is 2.98. The first-order chi connectivity index (χ1) is 14.1. The number of thioether (sulfide) groups is 1. The van der Waals surface area contributed by atoms with E-state index in [2.05, 4.69) is 12.1 Å². The smallest absolute Gasteiger partial charge is 0.259 e. The van der Waals surface area contributed by atoms with Gasteiger partial charge in [-0.3, -0.25) is 4.79 Å². The molecule has 144 valence electrons. The number of anilines is 1. The van der Waals surface area contributed by atoms with Gasteiger partial charge in [0.2, 0.25) is 5.78 Å². The summed E-state index contributed by atoms with van der Waals surface area (Å²) in [6, 6.07) is 23.0. The molecule has 0 saturated carbocycles. The summed E-state index contributed by atoms with van der Waals surface area (Å²) in [6.45, 7) is 0. The normalized spacial score (nSPS) is 10.8. The lowest BCUT2D eigenvalue weighted by atomic mass is 10.1. The van der Waals surface area contributed by atoms with Crippen molar-refractivity contribution < 1.29 is 9.36 Å². The minimum atomic E-state index is -0.0893. The molecule has 0 aliphatic rings. The van der Waals surface area contributed by atoms with Crippen molar-refractivity contribution in [2.24, 2.45) is 0 Å². The van der Waals surface area contributed by atoms with Crippen LogP contribution in [0.3, 0.4) is 0 Å². The minimum absolute atomic E-state index is 0.0893. The van der Waals surface area contributed by atoms with Gasteiger partial charge in [0, 0.05) is 28.5 Å². The maximum Gasteiger partial charge on any atom is 0.259 e. The predicted molar refractivity (Wildman–Crippen MR) is 121 cm³/mol. The second-order valence-corrected chi connectivity index (χ2v) is 9.08. The second kappa shape index (κ2) is 8.82. The van der Waals surface area contributed by atoms with Crippen LogP contribution in [0.15, 0.2) is 89.4 Å². The molecular formula is C23H18ClN2OS2+. The van der Waals surface area contributed by atoms with E-state index in [0.717, 1.165) is 15.6 Å². The number of nitrogens with zero attached hydrogens (tertiary/aromatic N) is 1. The maximum absolute atomic E-state index is 13.1. The molecule has 6 heteroatoms. The Balaban J connectivity index is 1.74. The number of carbonyl (C=O) groups is 1. The molecule has 2 heterocycles. The topological polar surface area (TPSA) is 47.0 Å². The van der Waals surface area contributed by atoms with Crippen LogP contribution in [0.25, 0.3) is 5.69 Å². The summed E-state index contributed by atoms with van der Waals surface area (Å²) in [6.07, 6.45) is 3.89. The van der Waals surface area contributed by atoms with Crippen LogP contribution in [0.2, 0.25) is 5.02 Å². The average Bonchev–Trinajstić information content (AvgIpc) is 3.10. The second-order valence-electron chi connectivity index (χ2n) is 6.37. The van der Waals surface area contributed by atoms with E-state index in [9.17, 15) is 4.79 Å². The first kappa shape index (κ1) is 19.7. The Labute approximate surface area is 182 Å². The fraction of sp³-hybridized carbons (Fsp3) is 0.0435. The molecule has 0 bridgehead atoms. The van der Waals surface area contributed by atoms with E-state index in [1.165, 1.54) is 16.9 Å². The number of benzene rings is 2. The molecule has 3 nitrogen and oxygen atoms in total. The number of hydrogen-bond acceptors (Lipinski definition) is 4. The molecule has 2 aromatic carbocycles. The van der Waals surface area contributed by atoms with E-state index in [-0.39, 0.29) is 5.78 Å². The Morgan fingerprint density at radius 3 is 2.31 bits per heavy atom. The van der Waals surface area contributed by atoms with Crippen molar-refractivity contribution in [3.8, 4) is 5.69 Å². The summed E-state index contributed by atoms with van der Waals surface area (Å²) in [5, 5.41) is 0.598. The molecule has 29 heavy (non-hydrogen) atoms. The maximum atomic E-state index is 13.1. The monoisotopic (exact) mass is 437 g/mol. The number of nitrogen functional groups attached to an aromatic ring is 1. The standard InChI is InChI=1S/C23H17ClN2OS2/c24-18-11-9-17(10-12-18)21(27)22-19(25)20(26-13-5-2-6-14-26)23(29-22)28-15-16-7-3-1-4-8-16/h1-14H,15H2,(H-,25,27)/p+1. The van der Waals surface area contributed by atoms with Crippen LogP contribution in [0.5, 0.6) is 0 Å². The third kappa shape index (κ3) is 4.37. The molecule has 0 aliphatic carbocycles. The van der Waals surface area contributed by atoms with E-state index in [0.29, 0.717) is 21.2 Å². The van der Waals surface area contributed by atoms with E-state index in [4.69, 9.17) is 17.3 Å². The number of halogens is 1. The van der Waals surface area contributed by atoms with Gasteiger partial charge in [-0.15, -0.1) is 23.1 Å². The molecule has 0 aliphatic heterocycles. The van der Waals surface area contributed by atoms with Crippen LogP contribution in [0, 0.1) is 0 Å². The summed E-state index contributed by atoms with van der Waals surface area (Å²) in [5.41, 5.74) is 9.66. The third-order valence-electron chi connectivity index (χ3n) is 4.39. The largest absolute Gasteiger partial charge is 0.392 e. The average molecular weight is 438 g/mol. The minimum Gasteiger partial charge on any atom is -0.392 e. The fourth-order valence-electron chi connectivity index (χ4n) is 2.93. The van der Waals surface area contributed by atoms with Gasteiger partial charge < -0.3 is 5.73 Å². The number of carbonyl (C=O) groups excluding carboxylic acids is 1. The highest BCUT2D eigenvalue weighted by molar-refractivity contribution is 8.00. The van der Waals surface area contributed by atoms with Gasteiger partial charge in [-0.2, -0.15) is 4.57 Å². The zero-order valence-electron chi connectivity index (χ0n) is 15.4. The molecule has 0 atom stereocenters. The van der Waals surface area contributed by atoms with Crippen molar-refractivity contribution in [3.63, 3.8) is 0 Å². The van der Waals surface area contributed by atoms with Crippen LogP contribution in [0.4, 0.5) is 5.69 Å². The summed E-state index contributed by atoms with van der Waals surface area (Å²) >= 11 is 9.09. The van der Waals surface area contributed by atoms with Gasteiger partial charge in [-0.1, -0.05) is 48.0 Å². The van der Waals surface area contributed by atoms with Gasteiger partial charge in [0.1, 0.15) is 14.8 Å². The molecule has 4 rings (SSSR count). The Bertz CT molecular complexity index is 1130. The lowest BCUT2D eigenvalue weighted by molar-refractivity contribution is -0.596. The van der Waals surface area contributed by atoms with Gasteiger partial charge in [-0.05, 0) is 29.8 Å². The number of aromatic nitrogens is 1. The van der Waals surface area contributed by atoms with Crippen LogP contribution in [-0.2, 0) is 5.75 Å². The van der Waals surface area contributed by atoms with Crippen molar-refractivity contribution in [2.45, 2.75) is 9.96 Å². The number of hydrogen-bond donors (Lipinski definition) is 1. The highest BCUT2D eigenvalue weighted by atomic mass is 35.5. The van der Waals surface area contributed by atoms with Gasteiger partial charge in [-0.25, -0.2) is 0 Å². The first-order valence-electron chi connectivity index (χ1n) is 8.99. The third-order valence-corrected chi connectivity index (χ3v) is 7.16. The molecular weight excluding hydrogens is 420 g/mol. The van der Waals surface area contributed by atoms with Gasteiger partial charge >= 0.3 is 0 Å². The Morgan fingerprint density at radius 1 is 0.966 bits per heavy atom. The van der Waals surface area contributed by atoms with Crippen molar-refractivity contribution in [1.29, 1.82) is 0 Å². The first-order valence-corrected chi connectivity index (χ1v) is 11.2. The van der Waals surface area contributed by atoms with Gasteiger partial charge in [0.25, 0.3) is 5.69 Å². The van der Waals surface area contributed by atoms with Crippen molar-refractivity contribution in [2.75, 3.05) is 5.73 Å². The quantitative estimate of drug-likeness (QED) is 0.236. The molecule has 0 fully saturated rings. The summed E-state index contributed by atoms with van der Waals surface area (Å²) in [5.74, 6) is 0.712. The number of pyridine rings is 1. The van der Waals surface area contributed by atoms with Crippen LogP contribution >= 0.6 is 34.7 Å². The van der Waals surface area contributed by atoms with E-state index in [1.54, 1.807) is 36.0 Å². The van der Waals surface area contributed by atoms with Crippen LogP contribution < -0.4 is 10.3 Å². The number of rotatable bonds is 6. The fourth-order valence-corrected chi connectivity index (χ4v) is 5.47. The summed E-state index contributed by atoms with van der Waals surface area (Å²) in [7, 11) is 0. The highest BCUT2D eigenvalue weighted by Gasteiger charge is 2.28. The number of ketones is 1. The molecule has 0 spiro atoms. The zero-order valence-corrected chi connectivity index (χ0v) is 17.8. The number of thiophene rings is 1. The lowest BCUT2D eigenvalue weighted by Crippen LogP contribution is -2.30. The molecule has 0 radical (unpaired) electrons. The summed E-state index contributed by atoms with van der Waals surface area (Å²) in [4.78, 5) is 13.7. The Hall–Kier alpha value is -2.60. The molecule has 0 unspecified atom stereocenters. The van der Waals surface area contributed by atoms with Crippen molar-refractivity contribution in [3.05, 3.63) is 106 Å². The zero-order chi connectivity index (χ0) is 20.2. The van der Waals surface area contributed by atoms with E-state index in [1.807, 2.05) is 53.4 Å². The lowest BCUT2D eigenvalue weighted by Gasteiger charge is -2.01. The van der Waals surface area contributed by atoms with E-state index < -0.39 is 0 Å². The van der Waals surface area contributed by atoms with Crippen LogP contribution in [0.1, 0.15) is 20.8 Å². The Kier molecular flexibility index (Phi) is 6.00. The molecule has 0 amide bonds. The predicted octanol–water partition coefficient (Wildman–Crippen LogP) is 5.78. The molecule has 4 aromatic rings.